The van der Waals surface area contributed by atoms with Gasteiger partial charge < -0.3 is 4.57 Å². The summed E-state index contributed by atoms with van der Waals surface area (Å²) in [6.07, 6.45) is 5.20. The molecule has 2 heterocycles. The molecule has 0 aliphatic carbocycles. The molecule has 0 aliphatic heterocycles. The third-order valence-corrected chi connectivity index (χ3v) is 3.85. The normalized spacial score (nSPS) is 12.6. The lowest BCUT2D eigenvalue weighted by molar-refractivity contribution is 0.889. The molecule has 0 saturated heterocycles. The van der Waals surface area contributed by atoms with Crippen LogP contribution in [0.15, 0.2) is 59.0 Å². The maximum atomic E-state index is 4.26. The van der Waals surface area contributed by atoms with Crippen molar-refractivity contribution in [2.75, 3.05) is 0 Å². The second-order valence-electron chi connectivity index (χ2n) is 4.04. The van der Waals surface area contributed by atoms with E-state index in [1.54, 1.807) is 29.9 Å². The second kappa shape index (κ2) is 5.16. The number of para-hydroxylation sites is 1. The van der Waals surface area contributed by atoms with Crippen molar-refractivity contribution in [3.8, 4) is 0 Å². The van der Waals surface area contributed by atoms with Crippen LogP contribution in [0.5, 0.6) is 0 Å². The topological polar surface area (TPSA) is 42.5 Å². The molecule has 19 heavy (non-hydrogen) atoms. The van der Waals surface area contributed by atoms with E-state index in [0.29, 0.717) is 0 Å². The predicted octanol–water partition coefficient (Wildman–Crippen LogP) is 2.57. The molecular weight excluding hydrogens is 256 g/mol. The molecule has 0 saturated carbocycles. The number of aryl methyl sites for hydroxylation is 1. The van der Waals surface area contributed by atoms with Gasteiger partial charge in [0, 0.05) is 25.0 Å². The lowest BCUT2D eigenvalue weighted by atomic mass is 10.3. The maximum Gasteiger partial charge on any atom is 0.211 e. The van der Waals surface area contributed by atoms with Crippen molar-refractivity contribution in [3.63, 3.8) is 0 Å². The van der Waals surface area contributed by atoms with Crippen LogP contribution in [0.1, 0.15) is 5.56 Å². The Morgan fingerprint density at radius 3 is 2.89 bits per heavy atom. The molecule has 1 aromatic carbocycles. The van der Waals surface area contributed by atoms with Crippen LogP contribution in [0.25, 0.3) is 10.2 Å². The lowest BCUT2D eigenvalue weighted by Crippen LogP contribution is -2.08. The summed E-state index contributed by atoms with van der Waals surface area (Å²) in [6.45, 7) is 0. The van der Waals surface area contributed by atoms with Gasteiger partial charge in [0.2, 0.25) is 4.80 Å². The minimum Gasteiger partial charge on any atom is -0.318 e. The highest BCUT2D eigenvalue weighted by atomic mass is 32.1. The Morgan fingerprint density at radius 2 is 2.11 bits per heavy atom. The smallest absolute Gasteiger partial charge is 0.211 e. The lowest BCUT2D eigenvalue weighted by Gasteiger charge is -1.92. The van der Waals surface area contributed by atoms with Gasteiger partial charge >= 0.3 is 0 Å². The van der Waals surface area contributed by atoms with Crippen molar-refractivity contribution in [2.24, 2.45) is 17.3 Å². The van der Waals surface area contributed by atoms with Gasteiger partial charge in [0.1, 0.15) is 0 Å². The third kappa shape index (κ3) is 2.46. The standard InChI is InChI=1S/C14H12N4S/c1-18-12-6-2-3-7-13(12)19-14(18)17-16-10-11-5-4-8-15-9-11/h2-10H,1H3/b16-10-,17-14+. The molecule has 0 amide bonds. The Kier molecular flexibility index (Phi) is 3.20. The third-order valence-electron chi connectivity index (χ3n) is 2.75. The van der Waals surface area contributed by atoms with Crippen LogP contribution in [0.3, 0.4) is 0 Å². The number of hydrogen-bond donors (Lipinski definition) is 0. The molecule has 5 heteroatoms. The van der Waals surface area contributed by atoms with Crippen LogP contribution in [0.4, 0.5) is 0 Å². The van der Waals surface area contributed by atoms with E-state index < -0.39 is 0 Å². The fourth-order valence-electron chi connectivity index (χ4n) is 1.78. The maximum absolute atomic E-state index is 4.26. The van der Waals surface area contributed by atoms with E-state index in [0.717, 1.165) is 10.4 Å². The van der Waals surface area contributed by atoms with E-state index >= 15 is 0 Å². The molecule has 0 atom stereocenters. The number of rotatable bonds is 2. The first-order chi connectivity index (χ1) is 9.34. The van der Waals surface area contributed by atoms with Crippen LogP contribution in [-0.4, -0.2) is 15.8 Å². The average Bonchev–Trinajstić information content (AvgIpc) is 2.78. The summed E-state index contributed by atoms with van der Waals surface area (Å²) in [6, 6.07) is 12.0. The van der Waals surface area contributed by atoms with Gasteiger partial charge in [0.25, 0.3) is 0 Å². The quantitative estimate of drug-likeness (QED) is 0.520. The van der Waals surface area contributed by atoms with Crippen molar-refractivity contribution in [1.82, 2.24) is 9.55 Å². The molecule has 2 aromatic heterocycles. The van der Waals surface area contributed by atoms with Gasteiger partial charge in [-0.25, -0.2) is 0 Å². The summed E-state index contributed by atoms with van der Waals surface area (Å²) >= 11 is 1.63. The molecule has 0 unspecified atom stereocenters. The van der Waals surface area contributed by atoms with Gasteiger partial charge in [0.15, 0.2) is 0 Å². The Morgan fingerprint density at radius 1 is 1.21 bits per heavy atom. The zero-order chi connectivity index (χ0) is 13.1. The zero-order valence-corrected chi connectivity index (χ0v) is 11.2. The number of fused-ring (bicyclic) bond motifs is 1. The van der Waals surface area contributed by atoms with Gasteiger partial charge in [-0.15, -0.1) is 5.10 Å². The van der Waals surface area contributed by atoms with E-state index in [1.165, 1.54) is 10.2 Å². The molecule has 3 rings (SSSR count). The Hall–Kier alpha value is -2.27. The van der Waals surface area contributed by atoms with Gasteiger partial charge in [-0.3, -0.25) is 4.98 Å². The fourth-order valence-corrected chi connectivity index (χ4v) is 2.75. The molecule has 0 bridgehead atoms. The summed E-state index contributed by atoms with van der Waals surface area (Å²) < 4.78 is 3.25. The number of nitrogens with zero attached hydrogens (tertiary/aromatic N) is 4. The largest absolute Gasteiger partial charge is 0.318 e. The van der Waals surface area contributed by atoms with E-state index in [1.807, 2.05) is 35.9 Å². The predicted molar refractivity (Wildman–Crippen MR) is 78.2 cm³/mol. The fraction of sp³-hybridized carbons (Fsp3) is 0.0714. The highest BCUT2D eigenvalue weighted by Gasteiger charge is 2.00. The number of hydrogen-bond acceptors (Lipinski definition) is 4. The van der Waals surface area contributed by atoms with Gasteiger partial charge in [0.05, 0.1) is 16.4 Å². The van der Waals surface area contributed by atoms with Crippen LogP contribution in [0.2, 0.25) is 0 Å². The Labute approximate surface area is 114 Å². The van der Waals surface area contributed by atoms with E-state index in [4.69, 9.17) is 0 Å². The van der Waals surface area contributed by atoms with Crippen molar-refractivity contribution < 1.29 is 0 Å². The zero-order valence-electron chi connectivity index (χ0n) is 10.4. The first kappa shape index (κ1) is 11.8. The summed E-state index contributed by atoms with van der Waals surface area (Å²) in [7, 11) is 2.00. The number of thiazole rings is 1. The Balaban J connectivity index is 1.98. The second-order valence-corrected chi connectivity index (χ2v) is 5.05. The van der Waals surface area contributed by atoms with Gasteiger partial charge in [-0.05, 0) is 18.2 Å². The van der Waals surface area contributed by atoms with Crippen molar-refractivity contribution in [2.45, 2.75) is 0 Å². The van der Waals surface area contributed by atoms with Gasteiger partial charge in [-0.2, -0.15) is 5.10 Å². The van der Waals surface area contributed by atoms with E-state index in [-0.39, 0.29) is 0 Å². The minimum atomic E-state index is 0.876. The number of aromatic nitrogens is 2. The van der Waals surface area contributed by atoms with E-state index in [2.05, 4.69) is 27.3 Å². The number of benzene rings is 1. The Bertz CT molecular complexity index is 784. The molecule has 0 N–H and O–H groups in total. The molecular formula is C14H12N4S. The molecule has 0 aliphatic rings. The SMILES string of the molecule is Cn1/c(=N\N=C/c2cccnc2)sc2ccccc21. The molecule has 94 valence electrons. The molecule has 3 aromatic rings. The van der Waals surface area contributed by atoms with Crippen LogP contribution in [-0.2, 0) is 7.05 Å². The van der Waals surface area contributed by atoms with Crippen LogP contribution < -0.4 is 4.80 Å². The summed E-state index contributed by atoms with van der Waals surface area (Å²) in [5, 5.41) is 8.38. The van der Waals surface area contributed by atoms with Gasteiger partial charge in [-0.1, -0.05) is 29.5 Å². The summed E-state index contributed by atoms with van der Waals surface area (Å²) in [5.41, 5.74) is 2.11. The number of pyridine rings is 1. The first-order valence-electron chi connectivity index (χ1n) is 5.86. The van der Waals surface area contributed by atoms with Crippen molar-refractivity contribution in [3.05, 3.63) is 59.2 Å². The highest BCUT2D eigenvalue weighted by Crippen LogP contribution is 2.14. The summed E-state index contributed by atoms with van der Waals surface area (Å²) in [5.74, 6) is 0. The molecule has 0 fully saturated rings. The highest BCUT2D eigenvalue weighted by molar-refractivity contribution is 7.16. The molecule has 0 radical (unpaired) electrons. The average molecular weight is 268 g/mol. The van der Waals surface area contributed by atoms with Crippen molar-refractivity contribution in [1.29, 1.82) is 0 Å². The monoisotopic (exact) mass is 268 g/mol. The van der Waals surface area contributed by atoms with Crippen LogP contribution >= 0.6 is 11.3 Å². The molecule has 0 spiro atoms. The first-order valence-corrected chi connectivity index (χ1v) is 6.68. The molecule has 4 nitrogen and oxygen atoms in total. The van der Waals surface area contributed by atoms with Crippen LogP contribution in [0, 0.1) is 0 Å². The van der Waals surface area contributed by atoms with Crippen molar-refractivity contribution >= 4 is 27.8 Å². The summed E-state index contributed by atoms with van der Waals surface area (Å²) in [4.78, 5) is 4.90. The minimum absolute atomic E-state index is 0.876. The van der Waals surface area contributed by atoms with E-state index in [9.17, 15) is 0 Å².